The standard InChI is InChI=1S/C24H27N3O2/c1-3-23-25-22-13-15-27(16-17-4-10-20(29-2)11-5-17)14-12-21(22)24(26-23)18-6-8-19(28)9-7-18/h4-11,28H,3,12-16H2,1-2H3. The van der Waals surface area contributed by atoms with Gasteiger partial charge in [-0.1, -0.05) is 19.1 Å². The van der Waals surface area contributed by atoms with Crippen LogP contribution in [0, 0.1) is 0 Å². The van der Waals surface area contributed by atoms with Gasteiger partial charge in [0, 0.05) is 49.3 Å². The van der Waals surface area contributed by atoms with Crippen molar-refractivity contribution < 1.29 is 9.84 Å². The summed E-state index contributed by atoms with van der Waals surface area (Å²) in [7, 11) is 1.69. The lowest BCUT2D eigenvalue weighted by molar-refractivity contribution is 0.279. The number of hydrogen-bond acceptors (Lipinski definition) is 5. The molecule has 3 aromatic rings. The normalized spacial score (nSPS) is 14.3. The molecule has 0 spiro atoms. The van der Waals surface area contributed by atoms with Crippen LogP contribution < -0.4 is 4.74 Å². The zero-order valence-electron chi connectivity index (χ0n) is 17.1. The predicted octanol–water partition coefficient (Wildman–Crippen LogP) is 4.02. The molecule has 1 N–H and O–H groups in total. The summed E-state index contributed by atoms with van der Waals surface area (Å²) in [6.45, 7) is 4.96. The van der Waals surface area contributed by atoms with Crippen molar-refractivity contribution in [2.75, 3.05) is 20.2 Å². The van der Waals surface area contributed by atoms with Crippen molar-refractivity contribution in [3.8, 4) is 22.8 Å². The molecule has 0 atom stereocenters. The van der Waals surface area contributed by atoms with Crippen molar-refractivity contribution in [2.24, 2.45) is 0 Å². The number of aromatic hydroxyl groups is 1. The lowest BCUT2D eigenvalue weighted by Gasteiger charge is -2.19. The van der Waals surface area contributed by atoms with Gasteiger partial charge in [-0.15, -0.1) is 0 Å². The van der Waals surface area contributed by atoms with Gasteiger partial charge in [0.1, 0.15) is 17.3 Å². The first-order valence-electron chi connectivity index (χ1n) is 10.2. The fraction of sp³-hybridized carbons (Fsp3) is 0.333. The van der Waals surface area contributed by atoms with Crippen molar-refractivity contribution in [3.05, 3.63) is 71.2 Å². The lowest BCUT2D eigenvalue weighted by atomic mass is 10.0. The van der Waals surface area contributed by atoms with Gasteiger partial charge in [0.05, 0.1) is 12.8 Å². The molecule has 29 heavy (non-hydrogen) atoms. The summed E-state index contributed by atoms with van der Waals surface area (Å²) in [5, 5.41) is 9.65. The number of rotatable bonds is 5. The third-order valence-electron chi connectivity index (χ3n) is 5.50. The highest BCUT2D eigenvalue weighted by atomic mass is 16.5. The van der Waals surface area contributed by atoms with E-state index in [1.807, 2.05) is 24.3 Å². The van der Waals surface area contributed by atoms with Crippen LogP contribution in [-0.4, -0.2) is 40.2 Å². The molecular formula is C24H27N3O2. The number of fused-ring (bicyclic) bond motifs is 1. The minimum atomic E-state index is 0.273. The van der Waals surface area contributed by atoms with Crippen LogP contribution >= 0.6 is 0 Å². The molecular weight excluding hydrogens is 362 g/mol. The van der Waals surface area contributed by atoms with Crippen LogP contribution in [0.2, 0.25) is 0 Å². The van der Waals surface area contributed by atoms with Gasteiger partial charge in [0.2, 0.25) is 0 Å². The summed E-state index contributed by atoms with van der Waals surface area (Å²) in [6.07, 6.45) is 2.66. The van der Waals surface area contributed by atoms with Crippen LogP contribution in [0.1, 0.15) is 29.6 Å². The van der Waals surface area contributed by atoms with Gasteiger partial charge in [0.15, 0.2) is 0 Å². The van der Waals surface area contributed by atoms with Gasteiger partial charge in [-0.25, -0.2) is 9.97 Å². The number of hydrogen-bond donors (Lipinski definition) is 1. The first-order chi connectivity index (χ1) is 14.2. The van der Waals surface area contributed by atoms with Gasteiger partial charge in [0.25, 0.3) is 0 Å². The fourth-order valence-corrected chi connectivity index (χ4v) is 3.86. The highest BCUT2D eigenvalue weighted by molar-refractivity contribution is 5.65. The highest BCUT2D eigenvalue weighted by Gasteiger charge is 2.21. The number of methoxy groups -OCH3 is 1. The van der Waals surface area contributed by atoms with Crippen molar-refractivity contribution in [3.63, 3.8) is 0 Å². The van der Waals surface area contributed by atoms with Crippen LogP contribution in [0.3, 0.4) is 0 Å². The first-order valence-corrected chi connectivity index (χ1v) is 10.2. The second kappa shape index (κ2) is 8.62. The minimum absolute atomic E-state index is 0.273. The molecule has 0 saturated heterocycles. The van der Waals surface area contributed by atoms with E-state index in [-0.39, 0.29) is 5.75 Å². The maximum absolute atomic E-state index is 9.65. The molecule has 2 aromatic carbocycles. The van der Waals surface area contributed by atoms with E-state index in [0.717, 1.165) is 67.4 Å². The lowest BCUT2D eigenvalue weighted by Crippen LogP contribution is -2.25. The van der Waals surface area contributed by atoms with Gasteiger partial charge >= 0.3 is 0 Å². The number of phenolic OH excluding ortho intramolecular Hbond substituents is 1. The smallest absolute Gasteiger partial charge is 0.129 e. The Hall–Kier alpha value is -2.92. The number of ether oxygens (including phenoxy) is 1. The molecule has 150 valence electrons. The Kier molecular flexibility index (Phi) is 5.76. The van der Waals surface area contributed by atoms with Crippen molar-refractivity contribution in [1.82, 2.24) is 14.9 Å². The van der Waals surface area contributed by atoms with E-state index >= 15 is 0 Å². The first kappa shape index (κ1) is 19.4. The molecule has 0 bridgehead atoms. The summed E-state index contributed by atoms with van der Waals surface area (Å²) >= 11 is 0. The Morgan fingerprint density at radius 2 is 1.69 bits per heavy atom. The predicted molar refractivity (Wildman–Crippen MR) is 114 cm³/mol. The molecule has 0 radical (unpaired) electrons. The molecule has 5 heteroatoms. The monoisotopic (exact) mass is 389 g/mol. The molecule has 1 aliphatic rings. The van der Waals surface area contributed by atoms with Crippen molar-refractivity contribution in [1.29, 1.82) is 0 Å². The summed E-state index contributed by atoms with van der Waals surface area (Å²) in [6, 6.07) is 15.6. The van der Waals surface area contributed by atoms with Crippen LogP contribution in [0.25, 0.3) is 11.3 Å². The summed E-state index contributed by atoms with van der Waals surface area (Å²) in [4.78, 5) is 12.2. The molecule has 1 aromatic heterocycles. The fourth-order valence-electron chi connectivity index (χ4n) is 3.86. The molecule has 5 nitrogen and oxygen atoms in total. The zero-order valence-corrected chi connectivity index (χ0v) is 17.1. The second-order valence-corrected chi connectivity index (χ2v) is 7.44. The summed E-state index contributed by atoms with van der Waals surface area (Å²) in [5.41, 5.74) is 5.75. The number of benzene rings is 2. The van der Waals surface area contributed by atoms with E-state index in [1.54, 1.807) is 19.2 Å². The van der Waals surface area contributed by atoms with E-state index in [1.165, 1.54) is 11.1 Å². The Balaban J connectivity index is 1.58. The molecule has 4 rings (SSSR count). The zero-order chi connectivity index (χ0) is 20.2. The topological polar surface area (TPSA) is 58.5 Å². The number of aromatic nitrogens is 2. The Morgan fingerprint density at radius 1 is 0.966 bits per heavy atom. The quantitative estimate of drug-likeness (QED) is 0.714. The Labute approximate surface area is 172 Å². The van der Waals surface area contributed by atoms with E-state index in [0.29, 0.717) is 0 Å². The molecule has 0 amide bonds. The Morgan fingerprint density at radius 3 is 2.38 bits per heavy atom. The van der Waals surface area contributed by atoms with E-state index in [2.05, 4.69) is 24.0 Å². The molecule has 0 fully saturated rings. The largest absolute Gasteiger partial charge is 0.508 e. The average Bonchev–Trinajstić information content (AvgIpc) is 2.96. The number of phenols is 1. The van der Waals surface area contributed by atoms with Crippen LogP contribution in [0.5, 0.6) is 11.5 Å². The third kappa shape index (κ3) is 4.40. The average molecular weight is 389 g/mol. The van der Waals surface area contributed by atoms with Crippen LogP contribution in [0.4, 0.5) is 0 Å². The van der Waals surface area contributed by atoms with E-state index < -0.39 is 0 Å². The van der Waals surface area contributed by atoms with E-state index in [9.17, 15) is 5.11 Å². The molecule has 0 aliphatic carbocycles. The summed E-state index contributed by atoms with van der Waals surface area (Å²) < 4.78 is 5.26. The third-order valence-corrected chi connectivity index (χ3v) is 5.50. The number of aryl methyl sites for hydroxylation is 1. The summed E-state index contributed by atoms with van der Waals surface area (Å²) in [5.74, 6) is 2.05. The van der Waals surface area contributed by atoms with Crippen LogP contribution in [0.15, 0.2) is 48.5 Å². The van der Waals surface area contributed by atoms with Crippen LogP contribution in [-0.2, 0) is 25.8 Å². The van der Waals surface area contributed by atoms with E-state index in [4.69, 9.17) is 14.7 Å². The molecule has 0 unspecified atom stereocenters. The SMILES string of the molecule is CCc1nc2c(c(-c3ccc(O)cc3)n1)CCN(Cc1ccc(OC)cc1)CC2. The maximum Gasteiger partial charge on any atom is 0.129 e. The van der Waals surface area contributed by atoms with Crippen molar-refractivity contribution >= 4 is 0 Å². The van der Waals surface area contributed by atoms with Gasteiger partial charge in [-0.2, -0.15) is 0 Å². The molecule has 0 saturated carbocycles. The van der Waals surface area contributed by atoms with Gasteiger partial charge in [-0.3, -0.25) is 4.90 Å². The number of nitrogens with zero attached hydrogens (tertiary/aromatic N) is 3. The minimum Gasteiger partial charge on any atom is -0.508 e. The maximum atomic E-state index is 9.65. The second-order valence-electron chi connectivity index (χ2n) is 7.44. The Bertz CT molecular complexity index is 969. The highest BCUT2D eigenvalue weighted by Crippen LogP contribution is 2.28. The van der Waals surface area contributed by atoms with Gasteiger partial charge in [-0.05, 0) is 48.4 Å². The molecule has 1 aliphatic heterocycles. The van der Waals surface area contributed by atoms with Gasteiger partial charge < -0.3 is 9.84 Å². The molecule has 2 heterocycles. The van der Waals surface area contributed by atoms with Crippen molar-refractivity contribution in [2.45, 2.75) is 32.7 Å².